The molecule has 35 nitrogen and oxygen atoms in total. The van der Waals surface area contributed by atoms with Gasteiger partial charge < -0.3 is 122 Å². The number of carboxylic acid groups (broad SMARTS) is 6. The Balaban J connectivity index is 0.000000511. The largest absolute Gasteiger partial charge is 0.550 e. The standard InChI is InChI=1S/C16H18BNO5.C11H12BFO5.C11H11BO5.C11H13BO5.2C10H11BO5.C9H10BNO3.7CH4/c19-16(20)14-13(22-11-2-1-8-18-9-3-10-18)5-4-12-6-7-17(21)23-15(12)14;1-6(13)17-8-3-2-7-4-5-12(16)18-10(7)9(8)11(14)15;1-6(13)8-3-2-7-4-5-12(16)17-10(7)9(8)11(14)15;1-2-16-8-4-3-7-5-6-12(15)17-10(7)9(8)11(13)14;1-6-2-3-7-4-15-5-11(14)16-9(7)8(6)10(12)13;1-15-7-3-2-6-4-5-11(14)16-9(6)8(7)10(12)13;1-6(12)8-5-11-4-7-2-3-10(13)14-9(7)8;;;;;;;/h4-5,21H,3,6-11H2,(H,19,20);2-3,6,16H,4-5H2,1H3,(H,14,15);2-3,16H,4-5H2,1H3,(H,14,15);3-4,15H,2,5-6H2,1H3,(H,13,14);2*2-3,14H,4-5H2,1H3,(H,12,13);4-5,13H,2-3H2,1H3;7*1H4/i;;;;;5D2;;;;;;;;. The number of carbonyl (C=O) groups excluding carboxylic acids is 2. The number of hydrogen-bond acceptors (Lipinski definition) is 29. The zero-order valence-corrected chi connectivity index (χ0v) is 66.4. The van der Waals surface area contributed by atoms with Crippen molar-refractivity contribution in [3.63, 3.8) is 0 Å². The summed E-state index contributed by atoms with van der Waals surface area (Å²) in [7, 11) is -6.28. The number of likely N-dealkylation sites (tertiary alicyclic amines) is 1. The minimum absolute atomic E-state index is 0. The van der Waals surface area contributed by atoms with Crippen LogP contribution >= 0.6 is 0 Å². The molecule has 1 fully saturated rings. The molecule has 1 atom stereocenters. The van der Waals surface area contributed by atoms with E-state index in [4.69, 9.17) is 79.4 Å². The first-order valence-electron chi connectivity index (χ1n) is 39.0. The molecule has 9 heterocycles. The summed E-state index contributed by atoms with van der Waals surface area (Å²) in [5, 5.41) is 121. The van der Waals surface area contributed by atoms with E-state index in [0.29, 0.717) is 116 Å². The molecule has 15 rings (SSSR count). The second-order valence-corrected chi connectivity index (χ2v) is 27.6. The molecule has 8 aliphatic heterocycles. The highest BCUT2D eigenvalue weighted by Gasteiger charge is 2.37. The number of benzene rings is 6. The number of rotatable bonds is 16. The quantitative estimate of drug-likeness (QED) is 0.0243. The van der Waals surface area contributed by atoms with Gasteiger partial charge in [0.2, 0.25) is 6.36 Å². The van der Waals surface area contributed by atoms with Gasteiger partial charge in [-0.25, -0.2) is 33.2 Å². The molecule has 1 saturated heterocycles. The van der Waals surface area contributed by atoms with E-state index in [2.05, 4.69) is 21.7 Å². The Morgan fingerprint density at radius 3 is 1.24 bits per heavy atom. The summed E-state index contributed by atoms with van der Waals surface area (Å²) < 4.78 is 89.7. The molecule has 128 heavy (non-hydrogen) atoms. The Bertz CT molecular complexity index is 5160. The van der Waals surface area contributed by atoms with Crippen LogP contribution in [0.4, 0.5) is 4.39 Å². The predicted molar refractivity (Wildman–Crippen MR) is 481 cm³/mol. The summed E-state index contributed by atoms with van der Waals surface area (Å²) >= 11 is 0. The van der Waals surface area contributed by atoms with E-state index < -0.39 is 98.3 Å². The number of fused-ring (bicyclic) bond motifs is 7. The van der Waals surface area contributed by atoms with Gasteiger partial charge in [0.15, 0.2) is 11.6 Å². The number of halogens is 1. The van der Waals surface area contributed by atoms with Crippen LogP contribution in [0.25, 0.3) is 0 Å². The molecular formula is C85H114B7FN2O33. The lowest BCUT2D eigenvalue weighted by Crippen LogP contribution is -2.37. The molecule has 0 aliphatic carbocycles. The maximum absolute atomic E-state index is 12.8. The number of carboxylic acids is 6. The number of hydrogen-bond donors (Lipinski definition) is 13. The molecule has 43 heteroatoms. The van der Waals surface area contributed by atoms with Crippen LogP contribution in [0, 0.1) is 18.8 Å². The van der Waals surface area contributed by atoms with Gasteiger partial charge in [0.25, 0.3) is 0 Å². The molecule has 690 valence electrons. The summed E-state index contributed by atoms with van der Waals surface area (Å²) in [5.41, 5.74) is 5.40. The van der Waals surface area contributed by atoms with Crippen LogP contribution in [0.15, 0.2) is 85.2 Å². The van der Waals surface area contributed by atoms with Gasteiger partial charge in [0.05, 0.1) is 38.9 Å². The van der Waals surface area contributed by atoms with Crippen LogP contribution in [0.5, 0.6) is 63.2 Å². The number of ether oxygens (including phenoxy) is 5. The van der Waals surface area contributed by atoms with Crippen molar-refractivity contribution in [2.75, 3.05) is 46.5 Å². The number of carbonyl (C=O) groups is 8. The SMILES string of the molecule is C.C.C.C.C.C.C.CC(=O)c1ccc2c(c1C(=O)O)OB(O)CC2.CC(=O)c1cncc2c1OB(O)CC2.CC(F)Oc1ccc2c(c1C(=O)O)OB(O)CC2.CCOc1ccc2c(c1C(=O)O)OB(O)CC2.Cc1ccc2c(c1C(=O)O)OB(O)COC2.O=C(O)c1c(OCC#CCN2CCC2)ccc2c1OB(O)CC2.[2H]C1([2H])Cc2ccc(OC)c(C(=O)O)c2OB1O. The maximum Gasteiger partial charge on any atom is 0.550 e. The summed E-state index contributed by atoms with van der Waals surface area (Å²) in [6.45, 7) is 11.0. The highest BCUT2D eigenvalue weighted by atomic mass is 19.1. The fraction of sp³-hybridized carbons (Fsp3) is 0.400. The van der Waals surface area contributed by atoms with E-state index in [1.54, 1.807) is 68.6 Å². The molecular weight excluding hydrogens is 1670 g/mol. The second-order valence-electron chi connectivity index (χ2n) is 27.6. The molecule has 0 spiro atoms. The average molecular weight is 1790 g/mol. The summed E-state index contributed by atoms with van der Waals surface area (Å²) in [4.78, 5) is 96.2. The van der Waals surface area contributed by atoms with Gasteiger partial charge in [-0.1, -0.05) is 112 Å². The lowest BCUT2D eigenvalue weighted by molar-refractivity contribution is 0.0643. The molecule has 0 radical (unpaired) electrons. The van der Waals surface area contributed by atoms with Gasteiger partial charge in [-0.05, 0) is 168 Å². The highest BCUT2D eigenvalue weighted by Crippen LogP contribution is 2.42. The molecule has 1 unspecified atom stereocenters. The van der Waals surface area contributed by atoms with Gasteiger partial charge in [-0.3, -0.25) is 19.5 Å². The number of alkyl halides is 1. The van der Waals surface area contributed by atoms with Crippen molar-refractivity contribution in [2.24, 2.45) is 0 Å². The molecule has 0 bridgehead atoms. The van der Waals surface area contributed by atoms with Crippen molar-refractivity contribution < 1.29 is 168 Å². The zero-order valence-electron chi connectivity index (χ0n) is 68.4. The highest BCUT2D eigenvalue weighted by molar-refractivity contribution is 6.46. The van der Waals surface area contributed by atoms with Gasteiger partial charge >= 0.3 is 85.6 Å². The minimum Gasteiger partial charge on any atom is -0.535 e. The first kappa shape index (κ1) is 108. The van der Waals surface area contributed by atoms with Crippen LogP contribution in [-0.4, -0.2) is 226 Å². The third kappa shape index (κ3) is 29.3. The summed E-state index contributed by atoms with van der Waals surface area (Å²) in [6.07, 6.45) is 5.88. The third-order valence-electron chi connectivity index (χ3n) is 19.0. The lowest BCUT2D eigenvalue weighted by Gasteiger charge is -2.28. The number of nitrogens with zero attached hydrogens (tertiary/aromatic N) is 2. The topological polar surface area (TPSA) is 526 Å². The van der Waals surface area contributed by atoms with E-state index in [-0.39, 0.29) is 186 Å². The Kier molecular flexibility index (Phi) is 44.3. The smallest absolute Gasteiger partial charge is 0.535 e. The van der Waals surface area contributed by atoms with Crippen molar-refractivity contribution in [3.8, 4) is 75.1 Å². The van der Waals surface area contributed by atoms with Crippen LogP contribution in [0.1, 0.15) is 216 Å². The molecule has 7 aromatic rings. The predicted octanol–water partition coefficient (Wildman–Crippen LogP) is 11.2. The van der Waals surface area contributed by atoms with E-state index in [1.165, 1.54) is 57.8 Å². The fourth-order valence-electron chi connectivity index (χ4n) is 13.1. The first-order chi connectivity index (χ1) is 58.4. The molecule has 1 aromatic heterocycles. The fourth-order valence-corrected chi connectivity index (χ4v) is 13.1. The number of aromatic nitrogens is 1. The molecule has 13 N–H and O–H groups in total. The van der Waals surface area contributed by atoms with Gasteiger partial charge in [0.1, 0.15) is 103 Å². The van der Waals surface area contributed by atoms with E-state index in [1.807, 2.05) is 0 Å². The van der Waals surface area contributed by atoms with Gasteiger partial charge in [-0.2, -0.15) is 0 Å². The monoisotopic (exact) mass is 1790 g/mol. The third-order valence-corrected chi connectivity index (χ3v) is 19.0. The number of methoxy groups -OCH3 is 1. The number of ketones is 2. The van der Waals surface area contributed by atoms with E-state index in [9.17, 15) is 88.1 Å². The number of aryl methyl sites for hydroxylation is 7. The molecule has 6 aromatic carbocycles. The first-order valence-corrected chi connectivity index (χ1v) is 38.0. The van der Waals surface area contributed by atoms with Gasteiger partial charge in [0, 0.05) is 51.8 Å². The second kappa shape index (κ2) is 52.3. The lowest BCUT2D eigenvalue weighted by atomic mass is 9.78. The van der Waals surface area contributed by atoms with Crippen molar-refractivity contribution >= 4 is 97.2 Å². The molecule has 0 saturated carbocycles. The van der Waals surface area contributed by atoms with E-state index >= 15 is 0 Å². The van der Waals surface area contributed by atoms with E-state index in [0.717, 1.165) is 36.7 Å². The van der Waals surface area contributed by atoms with Crippen molar-refractivity contribution in [1.82, 2.24) is 9.88 Å². The number of Topliss-reactive ketones (excluding diaryl/α,β-unsaturated/α-hetero) is 2. The molecule has 0 amide bonds. The van der Waals surface area contributed by atoms with Crippen molar-refractivity contribution in [1.29, 1.82) is 0 Å². The van der Waals surface area contributed by atoms with Crippen LogP contribution < -0.4 is 51.5 Å². The summed E-state index contributed by atoms with van der Waals surface area (Å²) in [5.74, 6) is 0.130. The Labute approximate surface area is 749 Å². The Morgan fingerprint density at radius 2 is 0.820 bits per heavy atom. The number of pyridine rings is 1. The average Bonchev–Trinajstić information content (AvgIpc) is 0.832. The maximum atomic E-state index is 12.8. The van der Waals surface area contributed by atoms with Crippen LogP contribution in [-0.2, 0) is 49.9 Å². The van der Waals surface area contributed by atoms with Crippen LogP contribution in [0.2, 0.25) is 37.9 Å². The zero-order chi connectivity index (χ0) is 89.8. The van der Waals surface area contributed by atoms with Crippen molar-refractivity contribution in [3.05, 3.63) is 174 Å². The Hall–Kier alpha value is -12.0. The van der Waals surface area contributed by atoms with Crippen molar-refractivity contribution in [2.45, 2.75) is 182 Å². The normalized spacial score (nSPS) is 14.7. The number of aromatic carboxylic acids is 6. The van der Waals surface area contributed by atoms with Crippen LogP contribution in [0.3, 0.4) is 0 Å². The van der Waals surface area contributed by atoms with Gasteiger partial charge in [-0.15, -0.1) is 0 Å². The Morgan fingerprint density at radius 1 is 0.453 bits per heavy atom. The minimum atomic E-state index is -1.95. The summed E-state index contributed by atoms with van der Waals surface area (Å²) in [6, 6.07) is 19.4. The molecule has 8 aliphatic rings.